The van der Waals surface area contributed by atoms with Gasteiger partial charge >= 0.3 is 0 Å². The van der Waals surface area contributed by atoms with Gasteiger partial charge in [-0.2, -0.15) is 0 Å². The Kier molecular flexibility index (Phi) is 3.33. The Morgan fingerprint density at radius 3 is 2.79 bits per heavy atom. The van der Waals surface area contributed by atoms with Crippen molar-refractivity contribution in [2.24, 2.45) is 0 Å². The van der Waals surface area contributed by atoms with Crippen LogP contribution in [0.1, 0.15) is 12.5 Å². The van der Waals surface area contributed by atoms with Crippen molar-refractivity contribution in [3.05, 3.63) is 41.3 Å². The first-order chi connectivity index (χ1) is 9.22. The van der Waals surface area contributed by atoms with Crippen molar-refractivity contribution in [2.75, 3.05) is 6.54 Å². The van der Waals surface area contributed by atoms with E-state index in [-0.39, 0.29) is 17.2 Å². The zero-order valence-electron chi connectivity index (χ0n) is 10.5. The van der Waals surface area contributed by atoms with Crippen molar-refractivity contribution in [2.45, 2.75) is 18.2 Å². The minimum absolute atomic E-state index is 0.00444. The Morgan fingerprint density at radius 1 is 1.37 bits per heavy atom. The van der Waals surface area contributed by atoms with Crippen molar-refractivity contribution in [3.63, 3.8) is 0 Å². The van der Waals surface area contributed by atoms with E-state index >= 15 is 0 Å². The van der Waals surface area contributed by atoms with Crippen molar-refractivity contribution >= 4 is 40.6 Å². The molecule has 1 fully saturated rings. The van der Waals surface area contributed by atoms with E-state index in [0.29, 0.717) is 11.7 Å². The molecule has 0 aliphatic carbocycles. The number of carbonyl (C=O) groups is 1. The van der Waals surface area contributed by atoms with Crippen LogP contribution in [0.5, 0.6) is 0 Å². The molecule has 2 unspecified atom stereocenters. The fourth-order valence-electron chi connectivity index (χ4n) is 2.46. The number of thiocarbonyl (C=S) groups is 1. The van der Waals surface area contributed by atoms with Gasteiger partial charge in [0, 0.05) is 6.54 Å². The molecule has 1 aromatic carbocycles. The van der Waals surface area contributed by atoms with Crippen LogP contribution in [-0.2, 0) is 4.79 Å². The molecule has 3 nitrogen and oxygen atoms in total. The highest BCUT2D eigenvalue weighted by atomic mass is 32.2. The minimum Gasteiger partial charge on any atom is -0.354 e. The highest BCUT2D eigenvalue weighted by Gasteiger charge is 2.43. The molecular formula is C14H14N2OS2. The zero-order valence-corrected chi connectivity index (χ0v) is 12.1. The van der Waals surface area contributed by atoms with Crippen LogP contribution in [0, 0.1) is 0 Å². The van der Waals surface area contributed by atoms with Crippen LogP contribution in [0.2, 0.25) is 0 Å². The number of nitrogens with zero attached hydrogens (tertiary/aromatic N) is 1. The van der Waals surface area contributed by atoms with Gasteiger partial charge in [0.05, 0.1) is 6.04 Å². The standard InChI is InChI=1S/C14H14N2OS2/c1-2-16-13(17)12-11(15-14(16)18)10(8-19-12)9-6-4-3-5-7-9/h3-8,11-12H,2H2,1H3,(H,15,18). The van der Waals surface area contributed by atoms with Crippen molar-refractivity contribution in [3.8, 4) is 0 Å². The minimum atomic E-state index is -0.0955. The van der Waals surface area contributed by atoms with Gasteiger partial charge in [-0.15, -0.1) is 11.8 Å². The smallest absolute Gasteiger partial charge is 0.244 e. The molecule has 1 aromatic rings. The van der Waals surface area contributed by atoms with Crippen LogP contribution < -0.4 is 5.32 Å². The average molecular weight is 290 g/mol. The van der Waals surface area contributed by atoms with E-state index in [1.807, 2.05) is 25.1 Å². The predicted molar refractivity (Wildman–Crippen MR) is 82.7 cm³/mol. The lowest BCUT2D eigenvalue weighted by atomic mass is 9.96. The Labute approximate surface area is 122 Å². The molecule has 2 atom stereocenters. The fraction of sp³-hybridized carbons (Fsp3) is 0.286. The number of carbonyl (C=O) groups excluding carboxylic acids is 1. The van der Waals surface area contributed by atoms with Crippen LogP contribution in [0.25, 0.3) is 5.57 Å². The summed E-state index contributed by atoms with van der Waals surface area (Å²) in [6.45, 7) is 2.56. The number of amides is 1. The van der Waals surface area contributed by atoms with E-state index in [2.05, 4.69) is 22.9 Å². The highest BCUT2D eigenvalue weighted by Crippen LogP contribution is 2.39. The fourth-order valence-corrected chi connectivity index (χ4v) is 4.00. The highest BCUT2D eigenvalue weighted by molar-refractivity contribution is 8.04. The first-order valence-corrected chi connectivity index (χ1v) is 7.60. The molecular weight excluding hydrogens is 276 g/mol. The first-order valence-electron chi connectivity index (χ1n) is 6.25. The summed E-state index contributed by atoms with van der Waals surface area (Å²) in [6, 6.07) is 10.1. The van der Waals surface area contributed by atoms with Gasteiger partial charge < -0.3 is 5.32 Å². The normalized spacial score (nSPS) is 25.9. The van der Waals surface area contributed by atoms with Gasteiger partial charge in [-0.1, -0.05) is 30.3 Å². The number of fused-ring (bicyclic) bond motifs is 1. The summed E-state index contributed by atoms with van der Waals surface area (Å²) in [6.07, 6.45) is 0. The summed E-state index contributed by atoms with van der Waals surface area (Å²) in [4.78, 5) is 14.0. The van der Waals surface area contributed by atoms with Gasteiger partial charge in [-0.3, -0.25) is 9.69 Å². The number of rotatable bonds is 2. The van der Waals surface area contributed by atoms with Crippen LogP contribution >= 0.6 is 24.0 Å². The third-order valence-electron chi connectivity index (χ3n) is 3.44. The van der Waals surface area contributed by atoms with Gasteiger partial charge in [0.1, 0.15) is 5.25 Å². The van der Waals surface area contributed by atoms with Crippen LogP contribution in [0.15, 0.2) is 35.7 Å². The van der Waals surface area contributed by atoms with E-state index in [4.69, 9.17) is 12.2 Å². The molecule has 19 heavy (non-hydrogen) atoms. The molecule has 0 radical (unpaired) electrons. The quantitative estimate of drug-likeness (QED) is 0.847. The summed E-state index contributed by atoms with van der Waals surface area (Å²) in [5, 5.41) is 5.83. The van der Waals surface area contributed by atoms with Gasteiger partial charge in [0.2, 0.25) is 5.91 Å². The van der Waals surface area contributed by atoms with E-state index < -0.39 is 0 Å². The lowest BCUT2D eigenvalue weighted by Gasteiger charge is -2.36. The van der Waals surface area contributed by atoms with Crippen LogP contribution in [0.3, 0.4) is 0 Å². The Morgan fingerprint density at radius 2 is 2.11 bits per heavy atom. The van der Waals surface area contributed by atoms with Gasteiger partial charge in [-0.05, 0) is 35.7 Å². The summed E-state index contributed by atoms with van der Waals surface area (Å²) in [5.41, 5.74) is 2.30. The molecule has 0 aromatic heterocycles. The molecule has 3 rings (SSSR count). The Bertz CT molecular complexity index is 556. The molecule has 2 heterocycles. The number of thioether (sulfide) groups is 1. The molecule has 1 saturated heterocycles. The summed E-state index contributed by atoms with van der Waals surface area (Å²) < 4.78 is 0. The molecule has 2 aliphatic rings. The third-order valence-corrected chi connectivity index (χ3v) is 4.93. The SMILES string of the molecule is CCN1C(=O)C2SC=C(c3ccccc3)C2NC1=S. The maximum Gasteiger partial charge on any atom is 0.244 e. The lowest BCUT2D eigenvalue weighted by molar-refractivity contribution is -0.127. The average Bonchev–Trinajstić information content (AvgIpc) is 2.84. The summed E-state index contributed by atoms with van der Waals surface area (Å²) in [5.74, 6) is 0.114. The molecule has 2 aliphatic heterocycles. The van der Waals surface area contributed by atoms with E-state index in [1.165, 1.54) is 0 Å². The molecule has 0 bridgehead atoms. The number of benzene rings is 1. The maximum atomic E-state index is 12.4. The van der Waals surface area contributed by atoms with Crippen molar-refractivity contribution < 1.29 is 4.79 Å². The number of nitrogens with one attached hydrogen (secondary N) is 1. The van der Waals surface area contributed by atoms with Gasteiger partial charge in [-0.25, -0.2) is 0 Å². The lowest BCUT2D eigenvalue weighted by Crippen LogP contribution is -2.60. The molecule has 1 N–H and O–H groups in total. The molecule has 1 amide bonds. The Balaban J connectivity index is 1.90. The Hall–Kier alpha value is -1.33. The van der Waals surface area contributed by atoms with E-state index in [9.17, 15) is 4.79 Å². The van der Waals surface area contributed by atoms with Crippen LogP contribution in [-0.4, -0.2) is 33.8 Å². The molecule has 5 heteroatoms. The topological polar surface area (TPSA) is 32.3 Å². The summed E-state index contributed by atoms with van der Waals surface area (Å²) >= 11 is 6.87. The molecule has 0 saturated carbocycles. The van der Waals surface area contributed by atoms with Gasteiger partial charge in [0.15, 0.2) is 5.11 Å². The second-order valence-corrected chi connectivity index (χ2v) is 5.91. The largest absolute Gasteiger partial charge is 0.354 e. The number of hydrogen-bond acceptors (Lipinski definition) is 3. The zero-order chi connectivity index (χ0) is 13.4. The first kappa shape index (κ1) is 12.7. The van der Waals surface area contributed by atoms with Gasteiger partial charge in [0.25, 0.3) is 0 Å². The maximum absolute atomic E-state index is 12.4. The molecule has 98 valence electrons. The second kappa shape index (κ2) is 4.98. The monoisotopic (exact) mass is 290 g/mol. The predicted octanol–water partition coefficient (Wildman–Crippen LogP) is 2.25. The summed E-state index contributed by atoms with van der Waals surface area (Å²) in [7, 11) is 0. The number of hydrogen-bond donors (Lipinski definition) is 1. The third kappa shape index (κ3) is 2.07. The van der Waals surface area contributed by atoms with E-state index in [1.54, 1.807) is 16.7 Å². The van der Waals surface area contributed by atoms with Crippen molar-refractivity contribution in [1.82, 2.24) is 10.2 Å². The molecule has 0 spiro atoms. The van der Waals surface area contributed by atoms with Crippen molar-refractivity contribution in [1.29, 1.82) is 0 Å². The van der Waals surface area contributed by atoms with Crippen LogP contribution in [0.4, 0.5) is 0 Å². The van der Waals surface area contributed by atoms with E-state index in [0.717, 1.165) is 11.1 Å². The second-order valence-electron chi connectivity index (χ2n) is 4.51.